The maximum absolute atomic E-state index is 12.5. The van der Waals surface area contributed by atoms with Gasteiger partial charge in [0.25, 0.3) is 0 Å². The van der Waals surface area contributed by atoms with Crippen molar-refractivity contribution in [2.45, 2.75) is 16.7 Å². The van der Waals surface area contributed by atoms with Gasteiger partial charge >= 0.3 is 0 Å². The molecule has 2 aromatic carbocycles. The summed E-state index contributed by atoms with van der Waals surface area (Å²) in [4.78, 5) is -0.293. The summed E-state index contributed by atoms with van der Waals surface area (Å²) >= 11 is 6.54. The standard InChI is InChI=1S/C16H16ClNO2S/c1-13-7-9-15(10-8-13)21(19,20)18-11-16(17,12-18)14-5-3-2-4-6-14/h2-10H,11-12H2,1H3. The molecule has 0 unspecified atom stereocenters. The lowest BCUT2D eigenvalue weighted by molar-refractivity contribution is 0.229. The third kappa shape index (κ3) is 2.59. The smallest absolute Gasteiger partial charge is 0.207 e. The molecule has 5 heteroatoms. The number of aryl methyl sites for hydroxylation is 1. The van der Waals surface area contributed by atoms with Crippen LogP contribution in [0.4, 0.5) is 0 Å². The first-order valence-electron chi connectivity index (χ1n) is 6.73. The molecule has 21 heavy (non-hydrogen) atoms. The van der Waals surface area contributed by atoms with E-state index in [1.165, 1.54) is 4.31 Å². The first kappa shape index (κ1) is 14.6. The molecule has 0 atom stereocenters. The molecule has 0 spiro atoms. The number of rotatable bonds is 3. The minimum atomic E-state index is -3.45. The Bertz CT molecular complexity index is 736. The van der Waals surface area contributed by atoms with E-state index in [0.29, 0.717) is 18.0 Å². The molecule has 0 radical (unpaired) electrons. The maximum atomic E-state index is 12.5. The highest BCUT2D eigenvalue weighted by Gasteiger charge is 2.48. The monoisotopic (exact) mass is 321 g/mol. The van der Waals surface area contributed by atoms with Gasteiger partial charge in [-0.2, -0.15) is 4.31 Å². The molecule has 1 aliphatic heterocycles. The zero-order valence-corrected chi connectivity index (χ0v) is 13.2. The summed E-state index contributed by atoms with van der Waals surface area (Å²) in [7, 11) is -3.45. The molecule has 3 rings (SSSR count). The van der Waals surface area contributed by atoms with Gasteiger partial charge < -0.3 is 0 Å². The highest BCUT2D eigenvalue weighted by molar-refractivity contribution is 7.89. The Balaban J connectivity index is 1.81. The molecule has 1 heterocycles. The lowest BCUT2D eigenvalue weighted by Gasteiger charge is -2.45. The van der Waals surface area contributed by atoms with Crippen molar-refractivity contribution in [3.63, 3.8) is 0 Å². The van der Waals surface area contributed by atoms with E-state index in [-0.39, 0.29) is 0 Å². The Morgan fingerprint density at radius 2 is 1.57 bits per heavy atom. The Hall–Kier alpha value is -1.36. The highest BCUT2D eigenvalue weighted by atomic mass is 35.5. The van der Waals surface area contributed by atoms with Gasteiger partial charge in [-0.1, -0.05) is 48.0 Å². The molecule has 3 nitrogen and oxygen atoms in total. The van der Waals surface area contributed by atoms with Crippen LogP contribution in [0.1, 0.15) is 11.1 Å². The van der Waals surface area contributed by atoms with Crippen LogP contribution in [0, 0.1) is 6.92 Å². The first-order chi connectivity index (χ1) is 9.92. The van der Waals surface area contributed by atoms with Gasteiger partial charge in [0.15, 0.2) is 0 Å². The van der Waals surface area contributed by atoms with E-state index in [9.17, 15) is 8.42 Å². The van der Waals surface area contributed by atoms with Gasteiger partial charge in [-0.3, -0.25) is 0 Å². The zero-order valence-electron chi connectivity index (χ0n) is 11.7. The molecule has 0 amide bonds. The third-order valence-electron chi connectivity index (χ3n) is 3.80. The van der Waals surface area contributed by atoms with Crippen LogP contribution in [-0.4, -0.2) is 25.8 Å². The van der Waals surface area contributed by atoms with Gasteiger partial charge in [0.05, 0.1) is 9.77 Å². The summed E-state index contributed by atoms with van der Waals surface area (Å²) in [6, 6.07) is 16.5. The van der Waals surface area contributed by atoms with Gasteiger partial charge in [0.2, 0.25) is 10.0 Å². The van der Waals surface area contributed by atoms with Crippen molar-refractivity contribution < 1.29 is 8.42 Å². The summed E-state index contributed by atoms with van der Waals surface area (Å²) in [5.41, 5.74) is 2.00. The zero-order chi connectivity index (χ0) is 15.1. The van der Waals surface area contributed by atoms with Gasteiger partial charge in [-0.15, -0.1) is 11.6 Å². The molecule has 2 aromatic rings. The van der Waals surface area contributed by atoms with Crippen LogP contribution in [0.25, 0.3) is 0 Å². The average molecular weight is 322 g/mol. The quantitative estimate of drug-likeness (QED) is 0.814. The fourth-order valence-corrected chi connectivity index (χ4v) is 4.58. The van der Waals surface area contributed by atoms with Crippen LogP contribution >= 0.6 is 11.6 Å². The molecule has 0 bridgehead atoms. The van der Waals surface area contributed by atoms with Crippen molar-refractivity contribution in [2.75, 3.05) is 13.1 Å². The SMILES string of the molecule is Cc1ccc(S(=O)(=O)N2CC(Cl)(c3ccccc3)C2)cc1. The van der Waals surface area contributed by atoms with Crippen LogP contribution in [0.2, 0.25) is 0 Å². The maximum Gasteiger partial charge on any atom is 0.243 e. The molecular weight excluding hydrogens is 306 g/mol. The molecule has 0 N–H and O–H groups in total. The summed E-state index contributed by atoms with van der Waals surface area (Å²) in [6.45, 7) is 2.53. The van der Waals surface area contributed by atoms with Gasteiger partial charge in [-0.05, 0) is 24.6 Å². The molecule has 1 aliphatic rings. The number of alkyl halides is 1. The van der Waals surface area contributed by atoms with Crippen LogP contribution in [0.5, 0.6) is 0 Å². The van der Waals surface area contributed by atoms with Crippen LogP contribution in [0.3, 0.4) is 0 Å². The summed E-state index contributed by atoms with van der Waals surface area (Å²) in [5.74, 6) is 0. The predicted molar refractivity (Wildman–Crippen MR) is 83.9 cm³/mol. The highest BCUT2D eigenvalue weighted by Crippen LogP contribution is 2.41. The number of nitrogens with zero attached hydrogens (tertiary/aromatic N) is 1. The summed E-state index contributed by atoms with van der Waals surface area (Å²) < 4.78 is 26.5. The molecule has 0 saturated carbocycles. The number of hydrogen-bond acceptors (Lipinski definition) is 2. The van der Waals surface area contributed by atoms with Crippen molar-refractivity contribution in [1.82, 2.24) is 4.31 Å². The number of benzene rings is 2. The topological polar surface area (TPSA) is 37.4 Å². The van der Waals surface area contributed by atoms with E-state index in [1.807, 2.05) is 37.3 Å². The van der Waals surface area contributed by atoms with Crippen molar-refractivity contribution in [3.8, 4) is 0 Å². The Labute approximate surface area is 130 Å². The summed E-state index contributed by atoms with van der Waals surface area (Å²) in [5, 5.41) is 0. The second-order valence-electron chi connectivity index (χ2n) is 5.42. The van der Waals surface area contributed by atoms with Crippen molar-refractivity contribution >= 4 is 21.6 Å². The van der Waals surface area contributed by atoms with E-state index in [0.717, 1.165) is 11.1 Å². The Morgan fingerprint density at radius 3 is 2.14 bits per heavy atom. The van der Waals surface area contributed by atoms with Crippen molar-refractivity contribution in [2.24, 2.45) is 0 Å². The molecule has 0 aromatic heterocycles. The van der Waals surface area contributed by atoms with E-state index < -0.39 is 14.9 Å². The molecule has 110 valence electrons. The van der Waals surface area contributed by atoms with Crippen molar-refractivity contribution in [1.29, 1.82) is 0 Å². The Kier molecular flexibility index (Phi) is 3.56. The number of hydrogen-bond donors (Lipinski definition) is 0. The van der Waals surface area contributed by atoms with E-state index in [1.54, 1.807) is 24.3 Å². The van der Waals surface area contributed by atoms with Gasteiger partial charge in [0.1, 0.15) is 0 Å². The molecule has 1 saturated heterocycles. The predicted octanol–water partition coefficient (Wildman–Crippen LogP) is 3.13. The summed E-state index contributed by atoms with van der Waals surface area (Å²) in [6.07, 6.45) is 0. The first-order valence-corrected chi connectivity index (χ1v) is 8.55. The fraction of sp³-hybridized carbons (Fsp3) is 0.250. The second kappa shape index (κ2) is 5.13. The van der Waals surface area contributed by atoms with E-state index in [2.05, 4.69) is 0 Å². The largest absolute Gasteiger partial charge is 0.243 e. The van der Waals surface area contributed by atoms with Crippen LogP contribution in [0.15, 0.2) is 59.5 Å². The van der Waals surface area contributed by atoms with E-state index >= 15 is 0 Å². The van der Waals surface area contributed by atoms with E-state index in [4.69, 9.17) is 11.6 Å². The average Bonchev–Trinajstić information content (AvgIpc) is 2.45. The lowest BCUT2D eigenvalue weighted by Crippen LogP contribution is -2.57. The second-order valence-corrected chi connectivity index (χ2v) is 8.08. The van der Waals surface area contributed by atoms with Crippen LogP contribution < -0.4 is 0 Å². The number of halogens is 1. The fourth-order valence-electron chi connectivity index (χ4n) is 2.46. The molecule has 1 fully saturated rings. The molecular formula is C16H16ClNO2S. The van der Waals surface area contributed by atoms with Crippen molar-refractivity contribution in [3.05, 3.63) is 65.7 Å². The van der Waals surface area contributed by atoms with Gasteiger partial charge in [-0.25, -0.2) is 8.42 Å². The molecule has 0 aliphatic carbocycles. The normalized spacial score (nSPS) is 18.2. The van der Waals surface area contributed by atoms with Gasteiger partial charge in [0, 0.05) is 13.1 Å². The Morgan fingerprint density at radius 1 is 1.00 bits per heavy atom. The minimum Gasteiger partial charge on any atom is -0.207 e. The minimum absolute atomic E-state index is 0.300. The third-order valence-corrected chi connectivity index (χ3v) is 6.07. The number of sulfonamides is 1. The van der Waals surface area contributed by atoms with Crippen LogP contribution in [-0.2, 0) is 14.9 Å². The lowest BCUT2D eigenvalue weighted by atomic mass is 9.93.